The Bertz CT molecular complexity index is 1310. The lowest BCUT2D eigenvalue weighted by Gasteiger charge is -2.28. The first kappa shape index (κ1) is 70.2. The summed E-state index contributed by atoms with van der Waals surface area (Å²) >= 11 is 0. The third-order valence-electron chi connectivity index (χ3n) is 13.7. The van der Waals surface area contributed by atoms with E-state index in [2.05, 4.69) is 50.3 Å². The first-order valence-electron chi connectivity index (χ1n) is 30.7. The fraction of sp³-hybridized carbons (Fsp3) is 0.871. The van der Waals surface area contributed by atoms with Gasteiger partial charge in [0.2, 0.25) is 0 Å². The molecule has 0 aliphatic rings. The van der Waals surface area contributed by atoms with E-state index in [1.807, 2.05) is 21.1 Å². The fourth-order valence-electron chi connectivity index (χ4n) is 8.90. The number of carbonyl (C=O) groups is 2. The van der Waals surface area contributed by atoms with Crippen LogP contribution < -0.4 is 4.89 Å². The zero-order chi connectivity index (χ0) is 52.7. The standard InChI is InChI=1S/C62H118NO8P/c1-6-8-10-12-14-16-18-20-22-23-24-25-26-27-28-29-30-31-32-33-34-35-36-37-38-39-41-43-45-47-49-51-53-55-62(65)71-60(59-70-72(66,67)69-57-56-63(3,4)5)58-68-61(64)54-52-50-48-46-44-42-40-21-19-17-15-13-11-9-7-2/h18,20,23-24,26-27,60H,6-17,19,21-22,25,28-59H2,1-5H3/b20-18-,24-23-,27-26-. The zero-order valence-electron chi connectivity index (χ0n) is 48.1. The minimum Gasteiger partial charge on any atom is -0.756 e. The maximum absolute atomic E-state index is 12.8. The number of hydrogen-bond donors (Lipinski definition) is 0. The summed E-state index contributed by atoms with van der Waals surface area (Å²) in [5.41, 5.74) is 0. The second-order valence-corrected chi connectivity index (χ2v) is 23.5. The van der Waals surface area contributed by atoms with E-state index in [-0.39, 0.29) is 32.0 Å². The third kappa shape index (κ3) is 57.5. The molecule has 0 aromatic carbocycles. The smallest absolute Gasteiger partial charge is 0.306 e. The minimum absolute atomic E-state index is 0.0280. The molecule has 2 unspecified atom stereocenters. The number of carbonyl (C=O) groups excluding carboxylic acids is 2. The van der Waals surface area contributed by atoms with Crippen molar-refractivity contribution in [2.24, 2.45) is 0 Å². The molecule has 0 aromatic heterocycles. The van der Waals surface area contributed by atoms with E-state index in [1.54, 1.807) is 0 Å². The van der Waals surface area contributed by atoms with E-state index < -0.39 is 26.5 Å². The van der Waals surface area contributed by atoms with Crippen molar-refractivity contribution in [3.05, 3.63) is 36.5 Å². The van der Waals surface area contributed by atoms with Crippen LogP contribution in [0.4, 0.5) is 0 Å². The molecule has 0 aliphatic carbocycles. The van der Waals surface area contributed by atoms with Crippen molar-refractivity contribution in [1.82, 2.24) is 0 Å². The second-order valence-electron chi connectivity index (χ2n) is 22.1. The number of quaternary nitrogens is 1. The first-order valence-corrected chi connectivity index (χ1v) is 32.2. The van der Waals surface area contributed by atoms with E-state index in [1.165, 1.54) is 218 Å². The molecule has 0 N–H and O–H groups in total. The predicted octanol–water partition coefficient (Wildman–Crippen LogP) is 18.5. The summed E-state index contributed by atoms with van der Waals surface area (Å²) in [7, 11) is 1.18. The van der Waals surface area contributed by atoms with Crippen LogP contribution >= 0.6 is 7.82 Å². The zero-order valence-corrected chi connectivity index (χ0v) is 49.0. The number of phosphoric acid groups is 1. The van der Waals surface area contributed by atoms with Gasteiger partial charge in [0.1, 0.15) is 19.8 Å². The quantitative estimate of drug-likeness (QED) is 0.0195. The van der Waals surface area contributed by atoms with Crippen LogP contribution in [0.25, 0.3) is 0 Å². The highest BCUT2D eigenvalue weighted by Gasteiger charge is 2.22. The molecule has 0 saturated carbocycles. The summed E-state index contributed by atoms with van der Waals surface area (Å²) < 4.78 is 34.2. The fourth-order valence-corrected chi connectivity index (χ4v) is 9.63. The monoisotopic (exact) mass is 1040 g/mol. The molecule has 72 heavy (non-hydrogen) atoms. The normalized spacial score (nSPS) is 13.5. The highest BCUT2D eigenvalue weighted by Crippen LogP contribution is 2.38. The maximum atomic E-state index is 12.8. The van der Waals surface area contributed by atoms with Gasteiger partial charge in [-0.3, -0.25) is 14.2 Å². The van der Waals surface area contributed by atoms with Crippen LogP contribution in [0.1, 0.15) is 296 Å². The summed E-state index contributed by atoms with van der Waals surface area (Å²) in [6.45, 7) is 4.27. The first-order chi connectivity index (χ1) is 35.0. The molecule has 2 atom stereocenters. The Hall–Kier alpha value is -1.77. The SMILES string of the molecule is CCCCCCC/C=C\C/C=C\C/C=C\CCCCCCCCCCCCCCCCCCCCC(=O)OC(COC(=O)CCCCCCCCCCCCCCCCC)COP(=O)([O-])OCC[N+](C)(C)C. The van der Waals surface area contributed by atoms with Gasteiger partial charge in [-0.25, -0.2) is 0 Å². The summed E-state index contributed by atoms with van der Waals surface area (Å²) in [5, 5.41) is 0. The van der Waals surface area contributed by atoms with E-state index in [0.717, 1.165) is 44.9 Å². The van der Waals surface area contributed by atoms with E-state index >= 15 is 0 Å². The largest absolute Gasteiger partial charge is 0.756 e. The van der Waals surface area contributed by atoms with Gasteiger partial charge in [-0.05, 0) is 51.4 Å². The van der Waals surface area contributed by atoms with E-state index in [0.29, 0.717) is 17.4 Å². The Kier molecular flexibility index (Phi) is 52.7. The number of rotatable bonds is 57. The molecular weight excluding hydrogens is 918 g/mol. The van der Waals surface area contributed by atoms with E-state index in [4.69, 9.17) is 18.5 Å². The number of ether oxygens (including phenoxy) is 2. The molecule has 0 aliphatic heterocycles. The number of likely N-dealkylation sites (N-methyl/N-ethyl adjacent to an activating group) is 1. The van der Waals surface area contributed by atoms with Crippen molar-refractivity contribution >= 4 is 19.8 Å². The number of allylic oxidation sites excluding steroid dienone is 6. The highest BCUT2D eigenvalue weighted by atomic mass is 31.2. The van der Waals surface area contributed by atoms with Gasteiger partial charge in [0, 0.05) is 12.8 Å². The Balaban J connectivity index is 4.00. The van der Waals surface area contributed by atoms with Crippen LogP contribution in [-0.4, -0.2) is 70.0 Å². The van der Waals surface area contributed by atoms with Crippen molar-refractivity contribution in [1.29, 1.82) is 0 Å². The minimum atomic E-state index is -4.63. The molecule has 0 bridgehead atoms. The Labute approximate surface area is 446 Å². The molecule has 0 spiro atoms. The lowest BCUT2D eigenvalue weighted by atomic mass is 10.0. The lowest BCUT2D eigenvalue weighted by Crippen LogP contribution is -2.37. The number of nitrogens with zero attached hydrogens (tertiary/aromatic N) is 1. The van der Waals surface area contributed by atoms with Gasteiger partial charge >= 0.3 is 11.9 Å². The van der Waals surface area contributed by atoms with Crippen molar-refractivity contribution in [2.45, 2.75) is 302 Å². The van der Waals surface area contributed by atoms with Crippen LogP contribution in [-0.2, 0) is 32.7 Å². The average molecular weight is 1040 g/mol. The van der Waals surface area contributed by atoms with Crippen LogP contribution in [0, 0.1) is 0 Å². The van der Waals surface area contributed by atoms with Crippen molar-refractivity contribution in [3.8, 4) is 0 Å². The second kappa shape index (κ2) is 54.0. The summed E-state index contributed by atoms with van der Waals surface area (Å²) in [5.74, 6) is -0.817. The molecular formula is C62H118NO8P. The van der Waals surface area contributed by atoms with Gasteiger partial charge < -0.3 is 27.9 Å². The van der Waals surface area contributed by atoms with Crippen LogP contribution in [0.2, 0.25) is 0 Å². The molecule has 0 fully saturated rings. The molecule has 9 nitrogen and oxygen atoms in total. The summed E-state index contributed by atoms with van der Waals surface area (Å²) in [4.78, 5) is 37.8. The number of esters is 2. The topological polar surface area (TPSA) is 111 Å². The van der Waals surface area contributed by atoms with Crippen LogP contribution in [0.15, 0.2) is 36.5 Å². The molecule has 0 radical (unpaired) electrons. The summed E-state index contributed by atoms with van der Waals surface area (Å²) in [6, 6.07) is 0. The Morgan fingerprint density at radius 1 is 0.431 bits per heavy atom. The number of unbranched alkanes of at least 4 members (excludes halogenated alkanes) is 37. The van der Waals surface area contributed by atoms with Gasteiger partial charge in [-0.2, -0.15) is 0 Å². The average Bonchev–Trinajstić information content (AvgIpc) is 3.34. The van der Waals surface area contributed by atoms with E-state index in [9.17, 15) is 19.0 Å². The van der Waals surface area contributed by atoms with Gasteiger partial charge in [0.15, 0.2) is 6.10 Å². The van der Waals surface area contributed by atoms with Crippen molar-refractivity contribution in [2.75, 3.05) is 47.5 Å². The molecule has 424 valence electrons. The molecule has 0 heterocycles. The van der Waals surface area contributed by atoms with Crippen LogP contribution in [0.5, 0.6) is 0 Å². The third-order valence-corrected chi connectivity index (χ3v) is 14.6. The maximum Gasteiger partial charge on any atom is 0.306 e. The van der Waals surface area contributed by atoms with Gasteiger partial charge in [0.25, 0.3) is 7.82 Å². The number of hydrogen-bond acceptors (Lipinski definition) is 8. The van der Waals surface area contributed by atoms with Crippen molar-refractivity contribution in [3.63, 3.8) is 0 Å². The molecule has 10 heteroatoms. The Morgan fingerprint density at radius 2 is 0.750 bits per heavy atom. The van der Waals surface area contributed by atoms with Gasteiger partial charge in [-0.15, -0.1) is 0 Å². The van der Waals surface area contributed by atoms with Crippen molar-refractivity contribution < 1.29 is 42.1 Å². The van der Waals surface area contributed by atoms with Gasteiger partial charge in [-0.1, -0.05) is 269 Å². The summed E-state index contributed by atoms with van der Waals surface area (Å²) in [6.07, 6.45) is 66.3. The molecule has 0 amide bonds. The molecule has 0 saturated heterocycles. The Morgan fingerprint density at radius 3 is 1.11 bits per heavy atom. The van der Waals surface area contributed by atoms with Crippen LogP contribution in [0.3, 0.4) is 0 Å². The lowest BCUT2D eigenvalue weighted by molar-refractivity contribution is -0.870. The molecule has 0 rings (SSSR count). The van der Waals surface area contributed by atoms with Gasteiger partial charge in [0.05, 0.1) is 27.7 Å². The highest BCUT2D eigenvalue weighted by molar-refractivity contribution is 7.45. The number of phosphoric ester groups is 1. The molecule has 0 aromatic rings. The predicted molar refractivity (Wildman–Crippen MR) is 305 cm³/mol.